The van der Waals surface area contributed by atoms with E-state index in [4.69, 9.17) is 4.74 Å². The van der Waals surface area contributed by atoms with Gasteiger partial charge in [0, 0.05) is 12.6 Å². The van der Waals surface area contributed by atoms with E-state index < -0.39 is 42.3 Å². The number of methoxy groups -OCH3 is 1. The molecular formula is C15H20FN3O5. The molecule has 9 heteroatoms. The number of ether oxygens (including phenoxy) is 2. The number of rotatable bonds is 6. The quantitative estimate of drug-likeness (QED) is 0.570. The topological polar surface area (TPSA) is 103 Å². The number of carbonyl (C=O) groups is 1. The summed E-state index contributed by atoms with van der Waals surface area (Å²) in [7, 11) is 1.25. The van der Waals surface area contributed by atoms with Crippen LogP contribution in [0.4, 0.5) is 10.2 Å². The third kappa shape index (κ3) is 3.46. The van der Waals surface area contributed by atoms with Crippen LogP contribution in [-0.4, -0.2) is 52.2 Å². The molecule has 1 saturated heterocycles. The number of nitrogens with zero attached hydrogens (tertiary/aromatic N) is 2. The first-order chi connectivity index (χ1) is 11.4. The van der Waals surface area contributed by atoms with Gasteiger partial charge in [-0.15, -0.1) is 6.58 Å². The van der Waals surface area contributed by atoms with Gasteiger partial charge in [0.15, 0.2) is 6.23 Å². The highest BCUT2D eigenvalue weighted by Gasteiger charge is 2.46. The van der Waals surface area contributed by atoms with E-state index in [-0.39, 0.29) is 12.2 Å². The maximum absolute atomic E-state index is 14.2. The zero-order chi connectivity index (χ0) is 17.9. The van der Waals surface area contributed by atoms with E-state index in [1.54, 1.807) is 6.92 Å². The predicted octanol–water partition coefficient (Wildman–Crippen LogP) is 0.391. The van der Waals surface area contributed by atoms with Crippen LogP contribution in [0.5, 0.6) is 0 Å². The number of anilines is 1. The third-order valence-electron chi connectivity index (χ3n) is 3.87. The predicted molar refractivity (Wildman–Crippen MR) is 83.2 cm³/mol. The van der Waals surface area contributed by atoms with Crippen molar-refractivity contribution < 1.29 is 23.8 Å². The molecule has 132 valence electrons. The molecule has 4 atom stereocenters. The Labute approximate surface area is 137 Å². The van der Waals surface area contributed by atoms with Gasteiger partial charge < -0.3 is 19.9 Å². The molecule has 0 aliphatic carbocycles. The lowest BCUT2D eigenvalue weighted by atomic mass is 10.0. The van der Waals surface area contributed by atoms with Crippen molar-refractivity contribution in [3.05, 3.63) is 35.4 Å². The Hall–Kier alpha value is -2.26. The minimum absolute atomic E-state index is 0.108. The highest BCUT2D eigenvalue weighted by molar-refractivity contribution is 5.78. The Balaban J connectivity index is 2.20. The van der Waals surface area contributed by atoms with Crippen LogP contribution in [0.15, 0.2) is 29.7 Å². The van der Waals surface area contributed by atoms with Crippen LogP contribution >= 0.6 is 0 Å². The van der Waals surface area contributed by atoms with E-state index in [0.29, 0.717) is 0 Å². The lowest BCUT2D eigenvalue weighted by molar-refractivity contribution is -0.141. The van der Waals surface area contributed by atoms with Crippen molar-refractivity contribution in [1.29, 1.82) is 0 Å². The second-order valence-corrected chi connectivity index (χ2v) is 5.55. The number of aromatic nitrogens is 2. The van der Waals surface area contributed by atoms with Crippen molar-refractivity contribution >= 4 is 11.8 Å². The molecule has 24 heavy (non-hydrogen) atoms. The number of carbonyl (C=O) groups excluding carboxylic acids is 1. The van der Waals surface area contributed by atoms with E-state index in [9.17, 15) is 19.1 Å². The maximum atomic E-state index is 14.2. The van der Waals surface area contributed by atoms with Crippen molar-refractivity contribution in [2.24, 2.45) is 0 Å². The van der Waals surface area contributed by atoms with Gasteiger partial charge in [-0.05, 0) is 13.0 Å². The molecule has 0 aromatic carbocycles. The van der Waals surface area contributed by atoms with Gasteiger partial charge in [-0.25, -0.2) is 14.0 Å². The highest BCUT2D eigenvalue weighted by atomic mass is 19.1. The second-order valence-electron chi connectivity index (χ2n) is 5.55. The van der Waals surface area contributed by atoms with Gasteiger partial charge in [-0.2, -0.15) is 4.98 Å². The summed E-state index contributed by atoms with van der Waals surface area (Å²) in [6.07, 6.45) is -0.171. The van der Waals surface area contributed by atoms with Crippen LogP contribution < -0.4 is 11.0 Å². The van der Waals surface area contributed by atoms with Crippen molar-refractivity contribution in [1.82, 2.24) is 9.55 Å². The molecule has 0 amide bonds. The van der Waals surface area contributed by atoms with Crippen molar-refractivity contribution in [2.45, 2.75) is 37.4 Å². The Bertz CT molecular complexity index is 679. The molecule has 2 N–H and O–H groups in total. The SMILES string of the molecule is C=CC1(CO)CC(F)C(n2ccc(NC(C)C(=O)OC)nc2=O)O1. The average molecular weight is 341 g/mol. The van der Waals surface area contributed by atoms with Crippen LogP contribution in [-0.2, 0) is 14.3 Å². The molecule has 1 aromatic heterocycles. The van der Waals surface area contributed by atoms with E-state index in [0.717, 1.165) is 4.57 Å². The van der Waals surface area contributed by atoms with E-state index >= 15 is 0 Å². The summed E-state index contributed by atoms with van der Waals surface area (Å²) in [6.45, 7) is 4.65. The number of alkyl halides is 1. The summed E-state index contributed by atoms with van der Waals surface area (Å²) < 4.78 is 25.3. The Morgan fingerprint density at radius 3 is 3.00 bits per heavy atom. The molecule has 1 aromatic rings. The summed E-state index contributed by atoms with van der Waals surface area (Å²) in [5.74, 6) is -0.359. The van der Waals surface area contributed by atoms with Crippen LogP contribution in [0.1, 0.15) is 19.6 Å². The molecule has 2 heterocycles. The third-order valence-corrected chi connectivity index (χ3v) is 3.87. The minimum atomic E-state index is -1.50. The summed E-state index contributed by atoms with van der Waals surface area (Å²) in [5.41, 5.74) is -1.97. The standard InChI is InChI=1S/C15H20FN3O5/c1-4-15(8-20)7-10(16)12(24-15)19-6-5-11(18-14(19)22)17-9(2)13(21)23-3/h4-6,9-10,12,20H,1,7-8H2,2-3H3,(H,17,18,22). The number of hydrogen-bond donors (Lipinski definition) is 2. The van der Waals surface area contributed by atoms with Gasteiger partial charge in [0.1, 0.15) is 23.6 Å². The molecule has 0 saturated carbocycles. The number of nitrogens with one attached hydrogen (secondary N) is 1. The summed E-state index contributed by atoms with van der Waals surface area (Å²) in [6, 6.07) is 0.723. The fourth-order valence-corrected chi connectivity index (χ4v) is 2.47. The largest absolute Gasteiger partial charge is 0.467 e. The summed E-state index contributed by atoms with van der Waals surface area (Å²) in [4.78, 5) is 27.3. The molecule has 0 bridgehead atoms. The average Bonchev–Trinajstić information content (AvgIpc) is 2.91. The molecule has 1 aliphatic heterocycles. The van der Waals surface area contributed by atoms with Crippen molar-refractivity contribution in [3.8, 4) is 0 Å². The first-order valence-electron chi connectivity index (χ1n) is 7.35. The number of aliphatic hydroxyl groups excluding tert-OH is 1. The zero-order valence-electron chi connectivity index (χ0n) is 13.4. The zero-order valence-corrected chi connectivity index (χ0v) is 13.4. The lowest BCUT2D eigenvalue weighted by Crippen LogP contribution is -2.34. The first-order valence-corrected chi connectivity index (χ1v) is 7.35. The fourth-order valence-electron chi connectivity index (χ4n) is 2.47. The monoisotopic (exact) mass is 341 g/mol. The molecular weight excluding hydrogens is 321 g/mol. The molecule has 4 unspecified atom stereocenters. The van der Waals surface area contributed by atoms with Crippen molar-refractivity contribution in [3.63, 3.8) is 0 Å². The van der Waals surface area contributed by atoms with Gasteiger partial charge in [0.05, 0.1) is 13.7 Å². The number of hydrogen-bond acceptors (Lipinski definition) is 7. The fraction of sp³-hybridized carbons (Fsp3) is 0.533. The van der Waals surface area contributed by atoms with Crippen molar-refractivity contribution in [2.75, 3.05) is 19.0 Å². The van der Waals surface area contributed by atoms with Gasteiger partial charge in [-0.1, -0.05) is 6.08 Å². The lowest BCUT2D eigenvalue weighted by Gasteiger charge is -2.23. The van der Waals surface area contributed by atoms with Gasteiger partial charge >= 0.3 is 11.7 Å². The molecule has 0 spiro atoms. The second kappa shape index (κ2) is 7.10. The summed E-state index contributed by atoms with van der Waals surface area (Å²) >= 11 is 0. The summed E-state index contributed by atoms with van der Waals surface area (Å²) in [5, 5.41) is 12.1. The van der Waals surface area contributed by atoms with Crippen LogP contribution in [0, 0.1) is 0 Å². The molecule has 1 fully saturated rings. The highest BCUT2D eigenvalue weighted by Crippen LogP contribution is 2.38. The van der Waals surface area contributed by atoms with Crippen LogP contribution in [0.3, 0.4) is 0 Å². The smallest absolute Gasteiger partial charge is 0.351 e. The number of aliphatic hydroxyl groups is 1. The van der Waals surface area contributed by atoms with Gasteiger partial charge in [-0.3, -0.25) is 4.57 Å². The Kier molecular flexibility index (Phi) is 5.35. The number of halogens is 1. The normalized spacial score (nSPS) is 27.5. The Morgan fingerprint density at radius 2 is 2.50 bits per heavy atom. The minimum Gasteiger partial charge on any atom is -0.467 e. The first kappa shape index (κ1) is 18.1. The maximum Gasteiger partial charge on any atom is 0.351 e. The van der Waals surface area contributed by atoms with E-state index in [1.165, 1.54) is 25.4 Å². The molecule has 0 radical (unpaired) electrons. The van der Waals surface area contributed by atoms with Crippen LogP contribution in [0.2, 0.25) is 0 Å². The van der Waals surface area contributed by atoms with Crippen LogP contribution in [0.25, 0.3) is 0 Å². The van der Waals surface area contributed by atoms with E-state index in [1.807, 2.05) is 0 Å². The molecule has 1 aliphatic rings. The van der Waals surface area contributed by atoms with Gasteiger partial charge in [0.25, 0.3) is 0 Å². The van der Waals surface area contributed by atoms with Gasteiger partial charge in [0.2, 0.25) is 0 Å². The molecule has 8 nitrogen and oxygen atoms in total. The molecule has 2 rings (SSSR count). The number of esters is 1. The van der Waals surface area contributed by atoms with E-state index in [2.05, 4.69) is 21.6 Å². The Morgan fingerprint density at radius 1 is 1.79 bits per heavy atom.